The molecular weight excluding hydrogens is 1240 g/mol. The maximum atomic E-state index is 12.5. The number of benzene rings is 2. The molecule has 6 saturated heterocycles. The highest BCUT2D eigenvalue weighted by Crippen LogP contribution is 2.39. The van der Waals surface area contributed by atoms with Crippen LogP contribution in [0.25, 0.3) is 5.69 Å². The summed E-state index contributed by atoms with van der Waals surface area (Å²) in [5.41, 5.74) is 7.66. The Balaban J connectivity index is 0.000000164. The fourth-order valence-corrected chi connectivity index (χ4v) is 13.7. The Morgan fingerprint density at radius 3 is 1.43 bits per heavy atom. The molecule has 0 unspecified atom stereocenters. The summed E-state index contributed by atoms with van der Waals surface area (Å²) in [6.45, 7) is 0. The Morgan fingerprint density at radius 1 is 0.625 bits per heavy atom. The first kappa shape index (κ1) is 63.6. The van der Waals surface area contributed by atoms with Crippen LogP contribution in [0.15, 0.2) is 73.6 Å². The fourth-order valence-electron chi connectivity index (χ4n) is 11.6. The number of aromatic nitrogens is 6. The number of carbonyl (C=O) groups excluding carboxylic acids is 2. The maximum Gasteiger partial charge on any atom is 0.338 e. The highest BCUT2D eigenvalue weighted by atomic mass is 127. The van der Waals surface area contributed by atoms with Crippen LogP contribution in [-0.2, 0) is 0 Å². The predicted octanol–water partition coefficient (Wildman–Crippen LogP) is 8.12. The Labute approximate surface area is 505 Å². The molecule has 5 aromatic rings. The lowest BCUT2D eigenvalue weighted by Gasteiger charge is -2.30. The van der Waals surface area contributed by atoms with Gasteiger partial charge in [0.05, 0.1) is 71.2 Å². The Hall–Kier alpha value is -5.59. The van der Waals surface area contributed by atoms with Crippen LogP contribution >= 0.6 is 81.4 Å². The van der Waals surface area contributed by atoms with Crippen molar-refractivity contribution in [2.24, 2.45) is 5.73 Å². The molecule has 7 aliphatic rings. The van der Waals surface area contributed by atoms with Gasteiger partial charge in [-0.25, -0.2) is 9.48 Å². The number of hydrogen-bond donors (Lipinski definition) is 8. The van der Waals surface area contributed by atoms with Crippen LogP contribution in [0.5, 0.6) is 0 Å². The Morgan fingerprint density at radius 2 is 1.06 bits per heavy atom. The largest absolute Gasteiger partial charge is 0.478 e. The topological polar surface area (TPSA) is 302 Å². The third kappa shape index (κ3) is 16.5. The molecule has 2 aromatic carbocycles. The number of aromatic amines is 2. The van der Waals surface area contributed by atoms with Crippen LogP contribution in [0, 0.1) is 37.9 Å². The van der Waals surface area contributed by atoms with Gasteiger partial charge in [0.25, 0.3) is 11.8 Å². The SMILES string of the molecule is CN[C@@H]1CCCC[C@H]1NC.Cl.Clc1cc(Cl)cc(I)c1.N#CN1[C@H]2CC[C@@H]1[C@H](N)C2.N#CN1[C@H]2CC[C@@H]1[C@H](NC(=O)c1cn[nH]c1)C2.N#CN1[C@H]2CC[C@@H]1[C@H](NC(=O)c1cnn(-c3cc(Cl)cc(Cl)c3)c1)C2.O=C(O)c1cn[nH]c1. The lowest BCUT2D eigenvalue weighted by Crippen LogP contribution is -2.47. The Bertz CT molecular complexity index is 2870. The van der Waals surface area contributed by atoms with Gasteiger partial charge in [-0.05, 0) is 144 Å². The zero-order valence-corrected chi connectivity index (χ0v) is 50.0. The second-order valence-electron chi connectivity index (χ2n) is 20.2. The molecule has 3 aromatic heterocycles. The average molecular weight is 1310 g/mol. The summed E-state index contributed by atoms with van der Waals surface area (Å²) in [7, 11) is 4.11. The third-order valence-corrected chi connectivity index (χ3v) is 16.9. The minimum absolute atomic E-state index is 0. The van der Waals surface area contributed by atoms with E-state index in [0.29, 0.717) is 67.1 Å². The van der Waals surface area contributed by atoms with Crippen molar-refractivity contribution in [3.05, 3.63) is 114 Å². The number of nitriles is 3. The lowest BCUT2D eigenvalue weighted by molar-refractivity contribution is 0.0696. The number of halogens is 6. The molecule has 2 amide bonds. The second-order valence-corrected chi connectivity index (χ2v) is 23.2. The first-order valence-electron chi connectivity index (χ1n) is 26.1. The monoisotopic (exact) mass is 1310 g/mol. The Kier molecular flexibility index (Phi) is 24.2. The van der Waals surface area contributed by atoms with E-state index in [0.717, 1.165) is 54.9 Å². The van der Waals surface area contributed by atoms with E-state index in [2.05, 4.69) is 102 Å². The van der Waals surface area contributed by atoms with Gasteiger partial charge in [0.1, 0.15) is 0 Å². The summed E-state index contributed by atoms with van der Waals surface area (Å²) in [6, 6.07) is 14.0. The number of amides is 2. The normalized spacial score (nSPS) is 25.8. The first-order valence-corrected chi connectivity index (χ1v) is 28.7. The van der Waals surface area contributed by atoms with Gasteiger partial charge >= 0.3 is 5.97 Å². The van der Waals surface area contributed by atoms with Gasteiger partial charge in [-0.15, -0.1) is 12.4 Å². The molecule has 21 nitrogen and oxygen atoms in total. The molecule has 7 fully saturated rings. The number of carboxylic acid groups (broad SMARTS) is 1. The van der Waals surface area contributed by atoms with E-state index in [1.54, 1.807) is 41.3 Å². The van der Waals surface area contributed by atoms with Gasteiger partial charge in [0.15, 0.2) is 18.6 Å². The smallest absolute Gasteiger partial charge is 0.338 e. The van der Waals surface area contributed by atoms with Crippen LogP contribution in [0.1, 0.15) is 115 Å². The molecule has 9 N–H and O–H groups in total. The summed E-state index contributed by atoms with van der Waals surface area (Å²) in [4.78, 5) is 39.9. The molecular formula is C53H65Cl5IN17O4. The minimum atomic E-state index is -0.959. The number of fused-ring (bicyclic) bond motifs is 6. The molecule has 0 radical (unpaired) electrons. The van der Waals surface area contributed by atoms with Crippen molar-refractivity contribution in [3.63, 3.8) is 0 Å². The van der Waals surface area contributed by atoms with E-state index in [1.165, 1.54) is 56.9 Å². The number of hydrogen-bond acceptors (Lipinski definition) is 15. The second kappa shape index (κ2) is 30.5. The summed E-state index contributed by atoms with van der Waals surface area (Å²) in [5, 5.41) is 66.6. The van der Waals surface area contributed by atoms with Crippen LogP contribution in [0.3, 0.4) is 0 Å². The first-order chi connectivity index (χ1) is 38.0. The number of carbonyl (C=O) groups is 3. The molecule has 1 saturated carbocycles. The average Bonchev–Trinajstić information content (AvgIpc) is 4.30. The summed E-state index contributed by atoms with van der Waals surface area (Å²) < 4.78 is 2.62. The molecule has 6 bridgehead atoms. The minimum Gasteiger partial charge on any atom is -0.478 e. The van der Waals surface area contributed by atoms with E-state index in [-0.39, 0.29) is 66.0 Å². The zero-order valence-electron chi connectivity index (χ0n) is 44.0. The van der Waals surface area contributed by atoms with E-state index >= 15 is 0 Å². The highest BCUT2D eigenvalue weighted by molar-refractivity contribution is 14.1. The van der Waals surface area contributed by atoms with Gasteiger partial charge in [0, 0.05) is 78.5 Å². The third-order valence-electron chi connectivity index (χ3n) is 15.4. The van der Waals surface area contributed by atoms with E-state index in [4.69, 9.17) is 67.8 Å². The molecule has 12 rings (SSSR count). The quantitative estimate of drug-likeness (QED) is 0.0537. The van der Waals surface area contributed by atoms with E-state index in [9.17, 15) is 19.6 Å². The van der Waals surface area contributed by atoms with Crippen molar-refractivity contribution in [3.8, 4) is 24.3 Å². The summed E-state index contributed by atoms with van der Waals surface area (Å²) in [5.74, 6) is -1.26. The number of likely N-dealkylation sites (N-methyl/N-ethyl adjacent to an activating group) is 2. The van der Waals surface area contributed by atoms with Crippen LogP contribution in [0.4, 0.5) is 0 Å². The molecule has 428 valence electrons. The number of nitrogens with one attached hydrogen (secondary N) is 6. The van der Waals surface area contributed by atoms with Crippen molar-refractivity contribution in [1.29, 1.82) is 15.8 Å². The van der Waals surface area contributed by atoms with E-state index in [1.807, 2.05) is 26.8 Å². The molecule has 0 spiro atoms. The van der Waals surface area contributed by atoms with Crippen molar-refractivity contribution in [1.82, 2.24) is 66.1 Å². The van der Waals surface area contributed by atoms with Crippen LogP contribution in [0.2, 0.25) is 20.1 Å². The molecule has 1 aliphatic carbocycles. The molecule has 6 aliphatic heterocycles. The number of nitrogens with zero attached hydrogens (tertiary/aromatic N) is 10. The van der Waals surface area contributed by atoms with Gasteiger partial charge < -0.3 is 46.8 Å². The predicted molar refractivity (Wildman–Crippen MR) is 315 cm³/mol. The number of rotatable bonds is 8. The van der Waals surface area contributed by atoms with Crippen LogP contribution in [-0.4, -0.2) is 148 Å². The zero-order chi connectivity index (χ0) is 56.8. The van der Waals surface area contributed by atoms with Crippen molar-refractivity contribution in [2.45, 2.75) is 150 Å². The number of nitrogens with two attached hydrogens (primary N) is 1. The van der Waals surface area contributed by atoms with Crippen LogP contribution < -0.4 is 27.0 Å². The van der Waals surface area contributed by atoms with Crippen molar-refractivity contribution < 1.29 is 19.5 Å². The van der Waals surface area contributed by atoms with Gasteiger partial charge in [-0.3, -0.25) is 19.8 Å². The molecule has 9 heterocycles. The number of carboxylic acids is 1. The van der Waals surface area contributed by atoms with Crippen molar-refractivity contribution >= 4 is 99.2 Å². The van der Waals surface area contributed by atoms with E-state index < -0.39 is 5.97 Å². The number of aromatic carboxylic acids is 1. The maximum absolute atomic E-state index is 12.5. The molecule has 27 heteroatoms. The highest BCUT2D eigenvalue weighted by Gasteiger charge is 2.48. The summed E-state index contributed by atoms with van der Waals surface area (Å²) >= 11 is 25.5. The number of H-pyrrole nitrogens is 2. The lowest BCUT2D eigenvalue weighted by atomic mass is 9.91. The summed E-state index contributed by atoms with van der Waals surface area (Å²) in [6.07, 6.45) is 30.0. The molecule has 11 atom stereocenters. The van der Waals surface area contributed by atoms with Crippen molar-refractivity contribution in [2.75, 3.05) is 14.1 Å². The van der Waals surface area contributed by atoms with Gasteiger partial charge in [0.2, 0.25) is 0 Å². The standard InChI is InChI=1S/C17H15Cl2N5O.C11H13N5O.C8H18N2.C7H11N3.C6H3Cl2I.C4H4N2O2.ClH/c18-11-3-12(19)5-14(4-11)24-8-10(7-21-24)17(25)22-15-6-13-1-2-16(15)23(13)9-20;12-6-16-8-1-2-10(16)9(3-8)15-11(17)7-4-13-14-5-7;1-9-7-5-3-4-6-8(7)10-2;8-4-10-5-1-2-7(10)6(9)3-5;7-4-1-5(8)3-6(9)2-4;7-4(8)3-1-5-6-2-3;/h3-5,7-8,13,15-16H,1-2,6H2,(H,22,25);4-5,8-10H,1-3H2,(H,13,14)(H,15,17);7-10H,3-6H2,1-2H3;5-7H,1-3,9H2;1-3H;1-2H,(H,5,6)(H,7,8);1H/t13-,15+,16+;8-,9+,10+;7-,8-;5-,6+,7+;;;/m0010.../s1. The fraction of sp³-hybridized carbons (Fsp3) is 0.491. The molecule has 80 heavy (non-hydrogen) atoms. The van der Waals surface area contributed by atoms with Gasteiger partial charge in [-0.2, -0.15) is 31.1 Å². The van der Waals surface area contributed by atoms with Gasteiger partial charge in [-0.1, -0.05) is 59.2 Å².